The van der Waals surface area contributed by atoms with Crippen molar-refractivity contribution in [2.75, 3.05) is 13.7 Å². The first-order valence-corrected chi connectivity index (χ1v) is 7.03. The van der Waals surface area contributed by atoms with Gasteiger partial charge in [-0.05, 0) is 44.0 Å². The van der Waals surface area contributed by atoms with E-state index in [9.17, 15) is 9.59 Å². The number of benzene rings is 1. The molecular weight excluding hydrogens is 254 g/mol. The minimum absolute atomic E-state index is 0.0454. The Bertz CT molecular complexity index is 481. The number of ether oxygens (including phenoxy) is 1. The normalized spacial score (nSPS) is 19.6. The number of piperidine rings is 1. The Kier molecular flexibility index (Phi) is 4.90. The molecule has 1 fully saturated rings. The lowest BCUT2D eigenvalue weighted by Gasteiger charge is -2.34. The molecule has 1 atom stereocenters. The van der Waals surface area contributed by atoms with Gasteiger partial charge in [0.05, 0.1) is 18.7 Å². The van der Waals surface area contributed by atoms with E-state index < -0.39 is 0 Å². The summed E-state index contributed by atoms with van der Waals surface area (Å²) in [6.07, 6.45) is 3.22. The summed E-state index contributed by atoms with van der Waals surface area (Å²) in [5.74, 6) is -0.0768. The average molecular weight is 275 g/mol. The molecule has 1 aromatic rings. The van der Waals surface area contributed by atoms with Gasteiger partial charge in [-0.2, -0.15) is 0 Å². The first-order chi connectivity index (χ1) is 9.61. The molecule has 1 saturated heterocycles. The number of ketones is 1. The second kappa shape index (κ2) is 6.66. The molecule has 20 heavy (non-hydrogen) atoms. The third kappa shape index (κ3) is 3.45. The summed E-state index contributed by atoms with van der Waals surface area (Å²) in [6.45, 7) is 3.39. The van der Waals surface area contributed by atoms with Gasteiger partial charge in [-0.3, -0.25) is 9.69 Å². The van der Waals surface area contributed by atoms with E-state index in [1.807, 2.05) is 12.1 Å². The molecule has 1 aliphatic rings. The highest BCUT2D eigenvalue weighted by molar-refractivity contribution is 5.89. The number of rotatable bonds is 4. The van der Waals surface area contributed by atoms with Crippen molar-refractivity contribution in [2.45, 2.75) is 38.8 Å². The van der Waals surface area contributed by atoms with E-state index in [1.165, 1.54) is 7.11 Å². The Morgan fingerprint density at radius 3 is 2.55 bits per heavy atom. The molecule has 0 saturated carbocycles. The monoisotopic (exact) mass is 275 g/mol. The van der Waals surface area contributed by atoms with Gasteiger partial charge in [-0.1, -0.05) is 18.6 Å². The Morgan fingerprint density at radius 1 is 1.25 bits per heavy atom. The predicted octanol–water partition coefficient (Wildman–Crippen LogP) is 2.42. The Hall–Kier alpha value is -1.68. The van der Waals surface area contributed by atoms with Crippen LogP contribution in [-0.4, -0.2) is 36.3 Å². The van der Waals surface area contributed by atoms with Crippen molar-refractivity contribution in [1.82, 2.24) is 4.90 Å². The molecule has 0 bridgehead atoms. The van der Waals surface area contributed by atoms with Crippen LogP contribution in [0.3, 0.4) is 0 Å². The van der Waals surface area contributed by atoms with Crippen LogP contribution in [0.2, 0.25) is 0 Å². The van der Waals surface area contributed by atoms with E-state index >= 15 is 0 Å². The topological polar surface area (TPSA) is 46.6 Å². The van der Waals surface area contributed by atoms with E-state index in [4.69, 9.17) is 0 Å². The number of esters is 1. The van der Waals surface area contributed by atoms with Crippen molar-refractivity contribution in [3.63, 3.8) is 0 Å². The third-order valence-electron chi connectivity index (χ3n) is 3.84. The van der Waals surface area contributed by atoms with Gasteiger partial charge < -0.3 is 4.74 Å². The fourth-order valence-corrected chi connectivity index (χ4v) is 2.74. The summed E-state index contributed by atoms with van der Waals surface area (Å²) in [5, 5.41) is 0. The number of hydrogen-bond acceptors (Lipinski definition) is 4. The minimum atomic E-state index is -0.323. The van der Waals surface area contributed by atoms with Crippen molar-refractivity contribution >= 4 is 11.8 Å². The number of carbonyl (C=O) groups is 2. The van der Waals surface area contributed by atoms with Crippen LogP contribution in [0.5, 0.6) is 0 Å². The smallest absolute Gasteiger partial charge is 0.337 e. The summed E-state index contributed by atoms with van der Waals surface area (Å²) in [4.78, 5) is 25.3. The highest BCUT2D eigenvalue weighted by Gasteiger charge is 2.25. The van der Waals surface area contributed by atoms with Gasteiger partial charge in [0.1, 0.15) is 5.78 Å². The van der Waals surface area contributed by atoms with Crippen LogP contribution in [0, 0.1) is 0 Å². The fraction of sp³-hybridized carbons (Fsp3) is 0.500. The van der Waals surface area contributed by atoms with Crippen molar-refractivity contribution < 1.29 is 14.3 Å². The largest absolute Gasteiger partial charge is 0.465 e. The van der Waals surface area contributed by atoms with Gasteiger partial charge in [-0.15, -0.1) is 0 Å². The molecule has 1 unspecified atom stereocenters. The van der Waals surface area contributed by atoms with Gasteiger partial charge in [0.25, 0.3) is 0 Å². The number of Topliss-reactive ketones (excluding diaryl/α,β-unsaturated/α-hetero) is 1. The van der Waals surface area contributed by atoms with Gasteiger partial charge in [0, 0.05) is 6.54 Å². The summed E-state index contributed by atoms with van der Waals surface area (Å²) in [6, 6.07) is 7.45. The summed E-state index contributed by atoms with van der Waals surface area (Å²) in [5.41, 5.74) is 1.67. The maximum atomic E-state index is 11.7. The first-order valence-electron chi connectivity index (χ1n) is 7.03. The van der Waals surface area contributed by atoms with Gasteiger partial charge in [-0.25, -0.2) is 4.79 Å². The summed E-state index contributed by atoms with van der Waals surface area (Å²) >= 11 is 0. The fourth-order valence-electron chi connectivity index (χ4n) is 2.74. The Labute approximate surface area is 119 Å². The standard InChI is InChI=1S/C16H21NO3/c1-12(18)15-5-3-4-10-17(15)11-13-6-8-14(9-7-13)16(19)20-2/h6-9,15H,3-5,10-11H2,1-2H3. The van der Waals surface area contributed by atoms with Crippen molar-refractivity contribution in [3.8, 4) is 0 Å². The maximum absolute atomic E-state index is 11.7. The number of nitrogens with zero attached hydrogens (tertiary/aromatic N) is 1. The molecule has 4 nitrogen and oxygen atoms in total. The van der Waals surface area contributed by atoms with Crippen LogP contribution >= 0.6 is 0 Å². The lowest BCUT2D eigenvalue weighted by Crippen LogP contribution is -2.43. The second-order valence-corrected chi connectivity index (χ2v) is 5.28. The molecule has 0 spiro atoms. The Balaban J connectivity index is 2.05. The van der Waals surface area contributed by atoms with Crippen LogP contribution in [-0.2, 0) is 16.1 Å². The van der Waals surface area contributed by atoms with Crippen LogP contribution in [0.4, 0.5) is 0 Å². The zero-order chi connectivity index (χ0) is 14.5. The molecule has 0 N–H and O–H groups in total. The van der Waals surface area contributed by atoms with Crippen molar-refractivity contribution in [2.24, 2.45) is 0 Å². The number of hydrogen-bond donors (Lipinski definition) is 0. The third-order valence-corrected chi connectivity index (χ3v) is 3.84. The predicted molar refractivity (Wildman–Crippen MR) is 76.5 cm³/mol. The number of likely N-dealkylation sites (tertiary alicyclic amines) is 1. The molecule has 108 valence electrons. The molecule has 0 radical (unpaired) electrons. The van der Waals surface area contributed by atoms with E-state index in [1.54, 1.807) is 19.1 Å². The molecule has 0 amide bonds. The zero-order valence-corrected chi connectivity index (χ0v) is 12.1. The molecule has 2 rings (SSSR count). The van der Waals surface area contributed by atoms with E-state index in [0.29, 0.717) is 5.56 Å². The zero-order valence-electron chi connectivity index (χ0n) is 12.1. The summed E-state index contributed by atoms with van der Waals surface area (Å²) in [7, 11) is 1.38. The first kappa shape index (κ1) is 14.7. The van der Waals surface area contributed by atoms with Gasteiger partial charge in [0.2, 0.25) is 0 Å². The number of carbonyl (C=O) groups excluding carboxylic acids is 2. The van der Waals surface area contributed by atoms with E-state index in [-0.39, 0.29) is 17.8 Å². The average Bonchev–Trinajstić information content (AvgIpc) is 2.47. The minimum Gasteiger partial charge on any atom is -0.465 e. The van der Waals surface area contributed by atoms with Gasteiger partial charge in [0.15, 0.2) is 0 Å². The van der Waals surface area contributed by atoms with E-state index in [0.717, 1.165) is 37.9 Å². The highest BCUT2D eigenvalue weighted by atomic mass is 16.5. The quantitative estimate of drug-likeness (QED) is 0.792. The summed E-state index contributed by atoms with van der Waals surface area (Å²) < 4.78 is 4.68. The lowest BCUT2D eigenvalue weighted by atomic mass is 9.98. The van der Waals surface area contributed by atoms with Crippen LogP contribution < -0.4 is 0 Å². The Morgan fingerprint density at radius 2 is 1.95 bits per heavy atom. The van der Waals surface area contributed by atoms with Crippen LogP contribution in [0.15, 0.2) is 24.3 Å². The molecule has 0 aliphatic carbocycles. The maximum Gasteiger partial charge on any atom is 0.337 e. The number of methoxy groups -OCH3 is 1. The second-order valence-electron chi connectivity index (χ2n) is 5.28. The van der Waals surface area contributed by atoms with Crippen LogP contribution in [0.25, 0.3) is 0 Å². The lowest BCUT2D eigenvalue weighted by molar-refractivity contribution is -0.123. The molecule has 1 aromatic carbocycles. The molecule has 1 heterocycles. The molecule has 0 aromatic heterocycles. The molecule has 4 heteroatoms. The van der Waals surface area contributed by atoms with Gasteiger partial charge >= 0.3 is 5.97 Å². The van der Waals surface area contributed by atoms with Crippen LogP contribution in [0.1, 0.15) is 42.1 Å². The molecule has 1 aliphatic heterocycles. The van der Waals surface area contributed by atoms with E-state index in [2.05, 4.69) is 9.64 Å². The van der Waals surface area contributed by atoms with Crippen molar-refractivity contribution in [1.29, 1.82) is 0 Å². The molecular formula is C16H21NO3. The highest BCUT2D eigenvalue weighted by Crippen LogP contribution is 2.20. The van der Waals surface area contributed by atoms with Crippen molar-refractivity contribution in [3.05, 3.63) is 35.4 Å². The SMILES string of the molecule is COC(=O)c1ccc(CN2CCCCC2C(C)=O)cc1.